The van der Waals surface area contributed by atoms with Crippen molar-refractivity contribution in [1.29, 1.82) is 0 Å². The van der Waals surface area contributed by atoms with Crippen molar-refractivity contribution in [3.63, 3.8) is 0 Å². The molecule has 0 saturated carbocycles. The lowest BCUT2D eigenvalue weighted by Crippen LogP contribution is -2.35. The molecule has 0 bridgehead atoms. The number of halogens is 1. The number of ether oxygens (including phenoxy) is 1. The van der Waals surface area contributed by atoms with E-state index >= 15 is 0 Å². The summed E-state index contributed by atoms with van der Waals surface area (Å²) in [5, 5.41) is 3.39. The molecule has 0 aromatic heterocycles. The minimum atomic E-state index is -0.248. The predicted octanol–water partition coefficient (Wildman–Crippen LogP) is 3.65. The fourth-order valence-corrected chi connectivity index (χ4v) is 3.15. The molecule has 3 rings (SSSR count). The Balaban J connectivity index is 1.60. The molecule has 0 atom stereocenters. The van der Waals surface area contributed by atoms with Crippen LogP contribution in [0.4, 0.5) is 5.69 Å². The Bertz CT molecular complexity index is 822. The van der Waals surface area contributed by atoms with Crippen LogP contribution in [0.15, 0.2) is 42.5 Å². The van der Waals surface area contributed by atoms with Crippen LogP contribution in [0.25, 0.3) is 0 Å². The number of hydrogen-bond acceptors (Lipinski definition) is 3. The molecule has 6 heteroatoms. The van der Waals surface area contributed by atoms with E-state index in [9.17, 15) is 9.59 Å². The fourth-order valence-electron chi connectivity index (χ4n) is 2.97. The molecule has 2 amide bonds. The summed E-state index contributed by atoms with van der Waals surface area (Å²) in [7, 11) is 0. The third kappa shape index (κ3) is 4.55. The number of nitrogens with zero attached hydrogens (tertiary/aromatic N) is 1. The summed E-state index contributed by atoms with van der Waals surface area (Å²) in [4.78, 5) is 25.9. The summed E-state index contributed by atoms with van der Waals surface area (Å²) in [6.07, 6.45) is 1.35. The number of amides is 2. The van der Waals surface area contributed by atoms with Gasteiger partial charge in [0.25, 0.3) is 5.91 Å². The zero-order valence-electron chi connectivity index (χ0n) is 14.6. The van der Waals surface area contributed by atoms with Crippen molar-refractivity contribution < 1.29 is 14.3 Å². The van der Waals surface area contributed by atoms with Crippen molar-refractivity contribution in [3.8, 4) is 5.75 Å². The topological polar surface area (TPSA) is 58.6 Å². The minimum absolute atomic E-state index is 0.0993. The van der Waals surface area contributed by atoms with Crippen molar-refractivity contribution in [2.24, 2.45) is 0 Å². The number of benzene rings is 2. The second kappa shape index (κ2) is 8.23. The lowest BCUT2D eigenvalue weighted by molar-refractivity contribution is -0.131. The van der Waals surface area contributed by atoms with E-state index in [1.165, 1.54) is 5.56 Å². The minimum Gasteiger partial charge on any atom is -0.484 e. The highest BCUT2D eigenvalue weighted by atomic mass is 35.5. The second-order valence-corrected chi connectivity index (χ2v) is 6.63. The number of fused-ring (bicyclic) bond motifs is 1. The fraction of sp³-hybridized carbons (Fsp3) is 0.300. The zero-order valence-corrected chi connectivity index (χ0v) is 15.4. The zero-order chi connectivity index (χ0) is 18.5. The van der Waals surface area contributed by atoms with Gasteiger partial charge in [-0.25, -0.2) is 0 Å². The van der Waals surface area contributed by atoms with E-state index < -0.39 is 0 Å². The predicted molar refractivity (Wildman–Crippen MR) is 101 cm³/mol. The summed E-state index contributed by atoms with van der Waals surface area (Å²) < 4.78 is 5.45. The van der Waals surface area contributed by atoms with Gasteiger partial charge in [0.2, 0.25) is 5.91 Å². The number of carbonyl (C=O) groups excluding carboxylic acids is 2. The highest BCUT2D eigenvalue weighted by Crippen LogP contribution is 2.23. The molecule has 136 valence electrons. The molecule has 26 heavy (non-hydrogen) atoms. The van der Waals surface area contributed by atoms with Crippen LogP contribution in [0, 0.1) is 0 Å². The van der Waals surface area contributed by atoms with E-state index in [1.807, 2.05) is 30.0 Å². The monoisotopic (exact) mass is 372 g/mol. The van der Waals surface area contributed by atoms with Gasteiger partial charge in [-0.3, -0.25) is 9.59 Å². The molecule has 5 nitrogen and oxygen atoms in total. The van der Waals surface area contributed by atoms with Crippen LogP contribution >= 0.6 is 11.6 Å². The van der Waals surface area contributed by atoms with Crippen molar-refractivity contribution in [1.82, 2.24) is 4.90 Å². The number of rotatable bonds is 5. The van der Waals surface area contributed by atoms with Crippen molar-refractivity contribution in [2.45, 2.75) is 26.3 Å². The van der Waals surface area contributed by atoms with E-state index in [-0.39, 0.29) is 18.4 Å². The lowest BCUT2D eigenvalue weighted by atomic mass is 9.99. The van der Waals surface area contributed by atoms with Crippen LogP contribution < -0.4 is 10.1 Å². The van der Waals surface area contributed by atoms with Crippen molar-refractivity contribution >= 4 is 29.1 Å². The maximum absolute atomic E-state index is 12.1. The van der Waals surface area contributed by atoms with Crippen molar-refractivity contribution in [3.05, 3.63) is 58.6 Å². The van der Waals surface area contributed by atoms with Gasteiger partial charge in [0.15, 0.2) is 6.61 Å². The highest BCUT2D eigenvalue weighted by molar-refractivity contribution is 6.30. The second-order valence-electron chi connectivity index (χ2n) is 6.20. The molecule has 0 saturated heterocycles. The quantitative estimate of drug-likeness (QED) is 0.871. The van der Waals surface area contributed by atoms with Crippen LogP contribution in [0.5, 0.6) is 5.75 Å². The first-order chi connectivity index (χ1) is 12.5. The van der Waals surface area contributed by atoms with Crippen LogP contribution in [-0.2, 0) is 22.6 Å². The molecular formula is C20H21ClN2O3. The average molecular weight is 373 g/mol. The molecule has 1 aliphatic heterocycles. The largest absolute Gasteiger partial charge is 0.484 e. The molecule has 0 fully saturated rings. The first-order valence-corrected chi connectivity index (χ1v) is 9.00. The van der Waals surface area contributed by atoms with E-state index in [4.69, 9.17) is 16.3 Å². The van der Waals surface area contributed by atoms with Crippen LogP contribution in [-0.4, -0.2) is 29.9 Å². The Kier molecular flexibility index (Phi) is 5.78. The van der Waals surface area contributed by atoms with Gasteiger partial charge < -0.3 is 15.0 Å². The SMILES string of the molecule is CCC(=O)N1CCc2ccc(NC(=O)COc3cccc(Cl)c3)cc2C1. The Labute approximate surface area is 157 Å². The molecule has 1 heterocycles. The van der Waals surface area contributed by atoms with E-state index in [1.54, 1.807) is 24.3 Å². The first kappa shape index (κ1) is 18.3. The van der Waals surface area contributed by atoms with E-state index in [0.29, 0.717) is 29.4 Å². The van der Waals surface area contributed by atoms with Gasteiger partial charge in [0.1, 0.15) is 5.75 Å². The molecule has 2 aromatic carbocycles. The third-order valence-electron chi connectivity index (χ3n) is 4.32. The Morgan fingerprint density at radius 2 is 2.04 bits per heavy atom. The van der Waals surface area contributed by atoms with Gasteiger partial charge in [0.05, 0.1) is 0 Å². The van der Waals surface area contributed by atoms with Crippen LogP contribution in [0.3, 0.4) is 0 Å². The van der Waals surface area contributed by atoms with Gasteiger partial charge in [-0.1, -0.05) is 30.7 Å². The number of hydrogen-bond donors (Lipinski definition) is 1. The first-order valence-electron chi connectivity index (χ1n) is 8.63. The van der Waals surface area contributed by atoms with Gasteiger partial charge >= 0.3 is 0 Å². The summed E-state index contributed by atoms with van der Waals surface area (Å²) in [5.41, 5.74) is 3.00. The van der Waals surface area contributed by atoms with E-state index in [0.717, 1.165) is 18.5 Å². The van der Waals surface area contributed by atoms with Gasteiger partial charge in [0, 0.05) is 30.2 Å². The van der Waals surface area contributed by atoms with Crippen molar-refractivity contribution in [2.75, 3.05) is 18.5 Å². The van der Waals surface area contributed by atoms with Gasteiger partial charge in [-0.05, 0) is 47.9 Å². The standard InChI is InChI=1S/C20H21ClN2O3/c1-2-20(25)23-9-8-14-6-7-17(10-15(14)12-23)22-19(24)13-26-18-5-3-4-16(21)11-18/h3-7,10-11H,2,8-9,12-13H2,1H3,(H,22,24). The van der Waals surface area contributed by atoms with E-state index in [2.05, 4.69) is 5.32 Å². The maximum atomic E-state index is 12.1. The molecule has 0 aliphatic carbocycles. The molecule has 0 radical (unpaired) electrons. The van der Waals surface area contributed by atoms with Crippen LogP contribution in [0.1, 0.15) is 24.5 Å². The van der Waals surface area contributed by atoms with Gasteiger partial charge in [-0.15, -0.1) is 0 Å². The number of nitrogens with one attached hydrogen (secondary N) is 1. The van der Waals surface area contributed by atoms with Crippen LogP contribution in [0.2, 0.25) is 5.02 Å². The molecule has 0 unspecified atom stereocenters. The Hall–Kier alpha value is -2.53. The third-order valence-corrected chi connectivity index (χ3v) is 4.56. The molecule has 1 aliphatic rings. The molecule has 0 spiro atoms. The Morgan fingerprint density at radius 1 is 1.19 bits per heavy atom. The lowest BCUT2D eigenvalue weighted by Gasteiger charge is -2.29. The van der Waals surface area contributed by atoms with Gasteiger partial charge in [-0.2, -0.15) is 0 Å². The summed E-state index contributed by atoms with van der Waals surface area (Å²) >= 11 is 5.89. The maximum Gasteiger partial charge on any atom is 0.262 e. The summed E-state index contributed by atoms with van der Waals surface area (Å²) in [6.45, 7) is 3.11. The Morgan fingerprint density at radius 3 is 2.81 bits per heavy atom. The summed E-state index contributed by atoms with van der Waals surface area (Å²) in [5.74, 6) is 0.453. The smallest absolute Gasteiger partial charge is 0.262 e. The molecule has 1 N–H and O–H groups in total. The highest BCUT2D eigenvalue weighted by Gasteiger charge is 2.19. The number of carbonyl (C=O) groups is 2. The normalized spacial score (nSPS) is 13.1. The average Bonchev–Trinajstić information content (AvgIpc) is 2.65. The number of anilines is 1. The molecule has 2 aromatic rings. The molecular weight excluding hydrogens is 352 g/mol. The summed E-state index contributed by atoms with van der Waals surface area (Å²) in [6, 6.07) is 12.7.